The number of hydrogen-bond donors (Lipinski definition) is 1. The van der Waals surface area contributed by atoms with E-state index in [9.17, 15) is 14.4 Å². The average molecular weight is 425 g/mol. The van der Waals surface area contributed by atoms with Crippen LogP contribution in [0.15, 0.2) is 24.4 Å². The van der Waals surface area contributed by atoms with Crippen LogP contribution in [0.4, 0.5) is 10.5 Å². The molecule has 1 aliphatic carbocycles. The fraction of sp³-hybridized carbons (Fsp3) is 0.478. The fourth-order valence-electron chi connectivity index (χ4n) is 4.11. The lowest BCUT2D eigenvalue weighted by molar-refractivity contribution is -0.121. The van der Waals surface area contributed by atoms with Crippen LogP contribution < -0.4 is 10.2 Å². The van der Waals surface area contributed by atoms with Crippen molar-refractivity contribution in [3.63, 3.8) is 0 Å². The Bertz CT molecular complexity index is 1030. The number of benzene rings is 1. The number of fused-ring (bicyclic) bond motifs is 3. The average Bonchev–Trinajstić information content (AvgIpc) is 3.29. The van der Waals surface area contributed by atoms with Gasteiger partial charge in [-0.25, -0.2) is 4.79 Å². The van der Waals surface area contributed by atoms with Crippen LogP contribution in [0, 0.1) is 5.92 Å². The van der Waals surface area contributed by atoms with E-state index in [0.717, 1.165) is 47.3 Å². The number of nitrogens with zero attached hydrogens (tertiary/aromatic N) is 3. The number of anilines is 1. The molecule has 2 amide bonds. The summed E-state index contributed by atoms with van der Waals surface area (Å²) in [4.78, 5) is 38.2. The molecule has 1 aliphatic heterocycles. The molecule has 2 aliphatic rings. The molecule has 164 valence electrons. The zero-order valence-electron chi connectivity index (χ0n) is 18.2. The summed E-state index contributed by atoms with van der Waals surface area (Å²) in [5.41, 5.74) is 4.78. The van der Waals surface area contributed by atoms with Gasteiger partial charge in [0.05, 0.1) is 25.0 Å². The second-order valence-electron chi connectivity index (χ2n) is 8.39. The zero-order valence-corrected chi connectivity index (χ0v) is 18.2. The van der Waals surface area contributed by atoms with Crippen molar-refractivity contribution in [1.29, 1.82) is 0 Å². The molecule has 2 aromatic rings. The largest absolute Gasteiger partial charge is 0.442 e. The van der Waals surface area contributed by atoms with Crippen molar-refractivity contribution >= 4 is 23.6 Å². The molecular formula is C23H28N4O4. The van der Waals surface area contributed by atoms with E-state index in [2.05, 4.69) is 10.4 Å². The molecule has 0 saturated carbocycles. The summed E-state index contributed by atoms with van der Waals surface area (Å²) in [6.45, 7) is 6.21. The summed E-state index contributed by atoms with van der Waals surface area (Å²) in [6.07, 6.45) is 4.06. The lowest BCUT2D eigenvalue weighted by atomic mass is 10.0. The van der Waals surface area contributed by atoms with Gasteiger partial charge in [0.2, 0.25) is 11.8 Å². The van der Waals surface area contributed by atoms with E-state index in [1.165, 1.54) is 4.68 Å². The SMILES string of the molecule is CCC(=O)NCC1CN(c2ccc3c(c2)CCCc2cnn(C(=O)C(C)C)c2-3)C(=O)O1. The third-order valence-electron chi connectivity index (χ3n) is 5.82. The second kappa shape index (κ2) is 8.53. The normalized spacial score (nSPS) is 17.7. The van der Waals surface area contributed by atoms with Gasteiger partial charge in [-0.15, -0.1) is 0 Å². The van der Waals surface area contributed by atoms with Crippen LogP contribution in [0.3, 0.4) is 0 Å². The smallest absolute Gasteiger partial charge is 0.414 e. The van der Waals surface area contributed by atoms with Gasteiger partial charge in [-0.2, -0.15) is 9.78 Å². The van der Waals surface area contributed by atoms with Gasteiger partial charge >= 0.3 is 6.09 Å². The number of aryl methyl sites for hydroxylation is 2. The lowest BCUT2D eigenvalue weighted by Crippen LogP contribution is -2.34. The predicted molar refractivity (Wildman–Crippen MR) is 116 cm³/mol. The van der Waals surface area contributed by atoms with Crippen LogP contribution >= 0.6 is 0 Å². The Labute approximate surface area is 181 Å². The topological polar surface area (TPSA) is 93.5 Å². The maximum absolute atomic E-state index is 12.7. The highest BCUT2D eigenvalue weighted by Gasteiger charge is 2.33. The number of amides is 2. The van der Waals surface area contributed by atoms with E-state index in [0.29, 0.717) is 19.5 Å². The van der Waals surface area contributed by atoms with Gasteiger partial charge in [0.15, 0.2) is 0 Å². The summed E-state index contributed by atoms with van der Waals surface area (Å²) in [5.74, 6) is -0.249. The first kappa shape index (κ1) is 21.1. The molecule has 1 aromatic heterocycles. The van der Waals surface area contributed by atoms with E-state index in [4.69, 9.17) is 4.74 Å². The van der Waals surface area contributed by atoms with Crippen LogP contribution in [-0.2, 0) is 22.4 Å². The molecule has 1 saturated heterocycles. The summed E-state index contributed by atoms with van der Waals surface area (Å²) in [7, 11) is 0. The summed E-state index contributed by atoms with van der Waals surface area (Å²) >= 11 is 0. The first-order chi connectivity index (χ1) is 14.9. The van der Waals surface area contributed by atoms with Crippen LogP contribution in [0.5, 0.6) is 0 Å². The van der Waals surface area contributed by atoms with Gasteiger partial charge < -0.3 is 10.1 Å². The quantitative estimate of drug-likeness (QED) is 0.796. The van der Waals surface area contributed by atoms with Crippen LogP contribution in [-0.4, -0.2) is 46.9 Å². The standard InChI is InChI=1S/C23H28N4O4/c1-4-20(28)24-12-18-13-26(23(30)31-18)17-8-9-19-15(10-17)6-5-7-16-11-25-27(21(16)19)22(29)14(2)3/h8-11,14,18H,4-7,12-13H2,1-3H3,(H,24,28). The number of ether oxygens (including phenoxy) is 1. The highest BCUT2D eigenvalue weighted by atomic mass is 16.6. The third kappa shape index (κ3) is 4.06. The predicted octanol–water partition coefficient (Wildman–Crippen LogP) is 3.19. The van der Waals surface area contributed by atoms with Gasteiger partial charge in [0, 0.05) is 23.6 Å². The summed E-state index contributed by atoms with van der Waals surface area (Å²) in [5, 5.41) is 7.15. The zero-order chi connectivity index (χ0) is 22.1. The van der Waals surface area contributed by atoms with Crippen molar-refractivity contribution in [2.45, 2.75) is 52.6 Å². The van der Waals surface area contributed by atoms with Gasteiger partial charge in [0.1, 0.15) is 6.10 Å². The molecular weight excluding hydrogens is 396 g/mol. The number of hydrogen-bond acceptors (Lipinski definition) is 5. The molecule has 1 aromatic carbocycles. The van der Waals surface area contributed by atoms with E-state index < -0.39 is 6.09 Å². The second-order valence-corrected chi connectivity index (χ2v) is 8.39. The van der Waals surface area contributed by atoms with E-state index in [1.807, 2.05) is 32.0 Å². The van der Waals surface area contributed by atoms with E-state index >= 15 is 0 Å². The van der Waals surface area contributed by atoms with Crippen LogP contribution in [0.1, 0.15) is 49.5 Å². The molecule has 4 rings (SSSR count). The van der Waals surface area contributed by atoms with Gasteiger partial charge in [0.25, 0.3) is 0 Å². The molecule has 2 heterocycles. The van der Waals surface area contributed by atoms with Crippen molar-refractivity contribution in [3.8, 4) is 11.3 Å². The molecule has 0 radical (unpaired) electrons. The van der Waals surface area contributed by atoms with Gasteiger partial charge in [-0.3, -0.25) is 14.5 Å². The third-order valence-corrected chi connectivity index (χ3v) is 5.82. The minimum atomic E-state index is -0.412. The lowest BCUT2D eigenvalue weighted by Gasteiger charge is -2.17. The molecule has 8 nitrogen and oxygen atoms in total. The Balaban J connectivity index is 1.61. The fourth-order valence-corrected chi connectivity index (χ4v) is 4.11. The summed E-state index contributed by atoms with van der Waals surface area (Å²) in [6, 6.07) is 5.87. The van der Waals surface area contributed by atoms with Crippen LogP contribution in [0.2, 0.25) is 0 Å². The van der Waals surface area contributed by atoms with Gasteiger partial charge in [-0.05, 0) is 42.5 Å². The molecule has 31 heavy (non-hydrogen) atoms. The van der Waals surface area contributed by atoms with Gasteiger partial charge in [-0.1, -0.05) is 26.8 Å². The molecule has 1 N–H and O–H groups in total. The molecule has 0 spiro atoms. The number of carbonyl (C=O) groups excluding carboxylic acids is 3. The number of aromatic nitrogens is 2. The molecule has 1 unspecified atom stereocenters. The first-order valence-corrected chi connectivity index (χ1v) is 10.9. The number of cyclic esters (lactones) is 1. The minimum Gasteiger partial charge on any atom is -0.442 e. The van der Waals surface area contributed by atoms with Crippen LogP contribution in [0.25, 0.3) is 11.3 Å². The monoisotopic (exact) mass is 424 g/mol. The Morgan fingerprint density at radius 1 is 1.26 bits per heavy atom. The maximum atomic E-state index is 12.7. The highest BCUT2D eigenvalue weighted by Crippen LogP contribution is 2.36. The number of nitrogens with one attached hydrogen (secondary N) is 1. The van der Waals surface area contributed by atoms with Crippen molar-refractivity contribution in [1.82, 2.24) is 15.1 Å². The summed E-state index contributed by atoms with van der Waals surface area (Å²) < 4.78 is 6.95. The Hall–Kier alpha value is -3.16. The molecule has 1 fully saturated rings. The molecule has 0 bridgehead atoms. The Morgan fingerprint density at radius 3 is 2.77 bits per heavy atom. The molecule has 8 heteroatoms. The minimum absolute atomic E-state index is 0.0294. The number of carbonyl (C=O) groups is 3. The molecule has 1 atom stereocenters. The van der Waals surface area contributed by atoms with Crippen molar-refractivity contribution in [3.05, 3.63) is 35.5 Å². The Kier molecular flexibility index (Phi) is 5.80. The Morgan fingerprint density at radius 2 is 2.03 bits per heavy atom. The number of rotatable bonds is 5. The van der Waals surface area contributed by atoms with E-state index in [1.54, 1.807) is 18.0 Å². The van der Waals surface area contributed by atoms with Crippen molar-refractivity contribution in [2.24, 2.45) is 5.92 Å². The first-order valence-electron chi connectivity index (χ1n) is 10.9. The van der Waals surface area contributed by atoms with Crippen molar-refractivity contribution < 1.29 is 19.1 Å². The van der Waals surface area contributed by atoms with E-state index in [-0.39, 0.29) is 23.8 Å². The highest BCUT2D eigenvalue weighted by molar-refractivity contribution is 5.91. The van der Waals surface area contributed by atoms with Crippen molar-refractivity contribution in [2.75, 3.05) is 18.0 Å². The maximum Gasteiger partial charge on any atom is 0.414 e.